The Labute approximate surface area is 200 Å². The van der Waals surface area contributed by atoms with Crippen molar-refractivity contribution in [2.24, 2.45) is 5.10 Å². The summed E-state index contributed by atoms with van der Waals surface area (Å²) in [5, 5.41) is 5.78. The molecule has 1 aliphatic rings. The number of hydrogen-bond donors (Lipinski definition) is 0. The maximum atomic E-state index is 13.1. The molecule has 1 aliphatic carbocycles. The number of rotatable bonds is 6. The van der Waals surface area contributed by atoms with Crippen molar-refractivity contribution in [3.05, 3.63) is 85.7 Å². The SMILES string of the molecule is COc1cc(C=Nn2cnc3sc4c(c3c2=O)CCCC4)ccc1OCc1ccc(Cl)cc1. The molecular weight excluding hydrogens is 458 g/mol. The van der Waals surface area contributed by atoms with Crippen LogP contribution in [-0.4, -0.2) is 23.0 Å². The number of thiophene rings is 1. The Morgan fingerprint density at radius 1 is 1.15 bits per heavy atom. The van der Waals surface area contributed by atoms with Crippen molar-refractivity contribution < 1.29 is 9.47 Å². The van der Waals surface area contributed by atoms with Crippen molar-refractivity contribution in [1.82, 2.24) is 9.66 Å². The van der Waals surface area contributed by atoms with Gasteiger partial charge in [-0.15, -0.1) is 11.3 Å². The lowest BCUT2D eigenvalue weighted by molar-refractivity contribution is 0.284. The van der Waals surface area contributed by atoms with Crippen LogP contribution in [0.5, 0.6) is 11.5 Å². The lowest BCUT2D eigenvalue weighted by atomic mass is 9.97. The Hall–Kier alpha value is -3.16. The van der Waals surface area contributed by atoms with Crippen LogP contribution in [0.1, 0.15) is 34.4 Å². The summed E-state index contributed by atoms with van der Waals surface area (Å²) in [7, 11) is 1.59. The zero-order valence-electron chi connectivity index (χ0n) is 18.1. The Bertz CT molecular complexity index is 1390. The van der Waals surface area contributed by atoms with Gasteiger partial charge in [-0.2, -0.15) is 9.78 Å². The zero-order chi connectivity index (χ0) is 22.8. The van der Waals surface area contributed by atoms with E-state index in [1.807, 2.05) is 42.5 Å². The van der Waals surface area contributed by atoms with E-state index in [0.29, 0.717) is 23.1 Å². The van der Waals surface area contributed by atoms with Crippen molar-refractivity contribution in [2.75, 3.05) is 7.11 Å². The first-order chi connectivity index (χ1) is 16.1. The first-order valence-corrected chi connectivity index (χ1v) is 11.9. The molecule has 0 aliphatic heterocycles. The summed E-state index contributed by atoms with van der Waals surface area (Å²) in [6, 6.07) is 13.0. The molecule has 5 rings (SSSR count). The van der Waals surface area contributed by atoms with Crippen LogP contribution in [0.4, 0.5) is 0 Å². The summed E-state index contributed by atoms with van der Waals surface area (Å²) < 4.78 is 12.7. The molecule has 6 nitrogen and oxygen atoms in total. The summed E-state index contributed by atoms with van der Waals surface area (Å²) in [4.78, 5) is 19.6. The second-order valence-corrected chi connectivity index (χ2v) is 9.38. The normalized spacial score (nSPS) is 13.4. The largest absolute Gasteiger partial charge is 0.493 e. The number of aryl methyl sites for hydroxylation is 2. The van der Waals surface area contributed by atoms with Gasteiger partial charge < -0.3 is 9.47 Å². The molecule has 0 spiro atoms. The van der Waals surface area contributed by atoms with Gasteiger partial charge in [0.05, 0.1) is 18.7 Å². The van der Waals surface area contributed by atoms with Gasteiger partial charge >= 0.3 is 0 Å². The van der Waals surface area contributed by atoms with Crippen molar-refractivity contribution >= 4 is 39.4 Å². The molecule has 0 radical (unpaired) electrons. The van der Waals surface area contributed by atoms with Crippen LogP contribution in [0.3, 0.4) is 0 Å². The number of halogens is 1. The van der Waals surface area contributed by atoms with E-state index in [0.717, 1.165) is 46.2 Å². The van der Waals surface area contributed by atoms with Gasteiger partial charge in [-0.05, 0) is 72.7 Å². The standard InChI is InChI=1S/C25H22ClN3O3S/c1-31-21-12-17(8-11-20(21)32-14-16-6-9-18(26)10-7-16)13-28-29-15-27-24-23(25(29)30)19-4-2-3-5-22(19)33-24/h6-13,15H,2-5,14H2,1H3. The molecule has 168 valence electrons. The van der Waals surface area contributed by atoms with E-state index in [2.05, 4.69) is 10.1 Å². The highest BCUT2D eigenvalue weighted by Gasteiger charge is 2.19. The number of methoxy groups -OCH3 is 1. The van der Waals surface area contributed by atoms with Crippen molar-refractivity contribution in [3.8, 4) is 11.5 Å². The first-order valence-electron chi connectivity index (χ1n) is 10.7. The van der Waals surface area contributed by atoms with Crippen LogP contribution in [0, 0.1) is 0 Å². The minimum absolute atomic E-state index is 0.120. The molecular formula is C25H22ClN3O3S. The summed E-state index contributed by atoms with van der Waals surface area (Å²) in [5.74, 6) is 1.20. The summed E-state index contributed by atoms with van der Waals surface area (Å²) >= 11 is 7.57. The minimum atomic E-state index is -0.120. The fraction of sp³-hybridized carbons (Fsp3) is 0.240. The molecule has 2 aromatic carbocycles. The third-order valence-corrected chi connectivity index (χ3v) is 7.14. The Kier molecular flexibility index (Phi) is 6.15. The molecule has 0 N–H and O–H groups in total. The third kappa shape index (κ3) is 4.51. The lowest BCUT2D eigenvalue weighted by Crippen LogP contribution is -2.18. The maximum Gasteiger partial charge on any atom is 0.282 e. The van der Waals surface area contributed by atoms with Gasteiger partial charge in [0, 0.05) is 9.90 Å². The zero-order valence-corrected chi connectivity index (χ0v) is 19.7. The summed E-state index contributed by atoms with van der Waals surface area (Å²) in [5.41, 5.74) is 2.83. The summed E-state index contributed by atoms with van der Waals surface area (Å²) in [6.45, 7) is 0.396. The lowest BCUT2D eigenvalue weighted by Gasteiger charge is -2.11. The average molecular weight is 480 g/mol. The fourth-order valence-corrected chi connectivity index (χ4v) is 5.32. The van der Waals surface area contributed by atoms with Crippen LogP contribution >= 0.6 is 22.9 Å². The highest BCUT2D eigenvalue weighted by Crippen LogP contribution is 2.33. The van der Waals surface area contributed by atoms with E-state index in [1.54, 1.807) is 24.7 Å². The van der Waals surface area contributed by atoms with Crippen LogP contribution in [0.2, 0.25) is 5.02 Å². The molecule has 0 amide bonds. The Morgan fingerprint density at radius 3 is 2.79 bits per heavy atom. The second kappa shape index (κ2) is 9.37. The Morgan fingerprint density at radius 2 is 1.97 bits per heavy atom. The van der Waals surface area contributed by atoms with Crippen LogP contribution in [0.25, 0.3) is 10.2 Å². The van der Waals surface area contributed by atoms with E-state index in [-0.39, 0.29) is 5.56 Å². The van der Waals surface area contributed by atoms with Crippen LogP contribution in [0.15, 0.2) is 58.7 Å². The number of nitrogens with zero attached hydrogens (tertiary/aromatic N) is 3. The van der Waals surface area contributed by atoms with Crippen LogP contribution in [-0.2, 0) is 19.4 Å². The molecule has 0 saturated carbocycles. The first kappa shape index (κ1) is 21.7. The molecule has 2 heterocycles. The molecule has 2 aromatic heterocycles. The highest BCUT2D eigenvalue weighted by atomic mass is 35.5. The predicted octanol–water partition coefficient (Wildman–Crippen LogP) is 5.46. The quantitative estimate of drug-likeness (QED) is 0.344. The second-order valence-electron chi connectivity index (χ2n) is 7.86. The number of hydrogen-bond acceptors (Lipinski definition) is 6. The van der Waals surface area contributed by atoms with Gasteiger partial charge in [0.2, 0.25) is 0 Å². The fourth-order valence-electron chi connectivity index (χ4n) is 3.97. The number of aromatic nitrogens is 2. The molecule has 0 fully saturated rings. The van der Waals surface area contributed by atoms with Crippen molar-refractivity contribution in [2.45, 2.75) is 32.3 Å². The number of fused-ring (bicyclic) bond motifs is 3. The van der Waals surface area contributed by atoms with Gasteiger partial charge in [-0.25, -0.2) is 4.98 Å². The maximum absolute atomic E-state index is 13.1. The van der Waals surface area contributed by atoms with Gasteiger partial charge in [0.1, 0.15) is 17.8 Å². The number of ether oxygens (including phenoxy) is 2. The van der Waals surface area contributed by atoms with E-state index < -0.39 is 0 Å². The molecule has 0 unspecified atom stereocenters. The molecule has 8 heteroatoms. The summed E-state index contributed by atoms with van der Waals surface area (Å²) in [6.07, 6.45) is 7.37. The monoisotopic (exact) mass is 479 g/mol. The van der Waals surface area contributed by atoms with Crippen molar-refractivity contribution in [1.29, 1.82) is 0 Å². The van der Waals surface area contributed by atoms with E-state index in [4.69, 9.17) is 21.1 Å². The molecule has 33 heavy (non-hydrogen) atoms. The topological polar surface area (TPSA) is 65.7 Å². The molecule has 0 atom stereocenters. The molecule has 0 saturated heterocycles. The average Bonchev–Trinajstić information content (AvgIpc) is 3.23. The van der Waals surface area contributed by atoms with E-state index in [9.17, 15) is 4.79 Å². The van der Waals surface area contributed by atoms with Gasteiger partial charge in [-0.1, -0.05) is 23.7 Å². The third-order valence-electron chi connectivity index (χ3n) is 5.69. The van der Waals surface area contributed by atoms with Gasteiger partial charge in [-0.3, -0.25) is 4.79 Å². The highest BCUT2D eigenvalue weighted by molar-refractivity contribution is 7.18. The van der Waals surface area contributed by atoms with E-state index in [1.165, 1.54) is 22.3 Å². The van der Waals surface area contributed by atoms with Crippen LogP contribution < -0.4 is 15.0 Å². The van der Waals surface area contributed by atoms with Gasteiger partial charge in [0.25, 0.3) is 5.56 Å². The smallest absolute Gasteiger partial charge is 0.282 e. The Balaban J connectivity index is 1.37. The predicted molar refractivity (Wildman–Crippen MR) is 132 cm³/mol. The molecule has 0 bridgehead atoms. The molecule has 4 aromatic rings. The minimum Gasteiger partial charge on any atom is -0.493 e. The van der Waals surface area contributed by atoms with Crippen molar-refractivity contribution in [3.63, 3.8) is 0 Å². The van der Waals surface area contributed by atoms with E-state index >= 15 is 0 Å². The van der Waals surface area contributed by atoms with Gasteiger partial charge in [0.15, 0.2) is 11.5 Å². The number of benzene rings is 2.